The smallest absolute Gasteiger partial charge is 0.406 e. The van der Waals surface area contributed by atoms with Gasteiger partial charge in [-0.15, -0.1) is 24.5 Å². The van der Waals surface area contributed by atoms with E-state index in [0.717, 1.165) is 21.6 Å². The average Bonchev–Trinajstić information content (AvgIpc) is 3.44. The number of anilines is 2. The van der Waals surface area contributed by atoms with Crippen LogP contribution in [0.15, 0.2) is 30.3 Å². The molecule has 0 bridgehead atoms. The molecule has 5 rings (SSSR count). The van der Waals surface area contributed by atoms with Crippen molar-refractivity contribution < 1.29 is 33.2 Å². The number of ether oxygens (including phenoxy) is 1. The highest BCUT2D eigenvalue weighted by Gasteiger charge is 2.41. The number of benzene rings is 1. The summed E-state index contributed by atoms with van der Waals surface area (Å²) in [5.41, 5.74) is 4.30. The molecule has 0 amide bonds. The van der Waals surface area contributed by atoms with Crippen molar-refractivity contribution in [2.45, 2.75) is 64.8 Å². The molecule has 0 radical (unpaired) electrons. The fourth-order valence-corrected chi connectivity index (χ4v) is 6.40. The number of aliphatic hydroxyl groups is 3. The Morgan fingerprint density at radius 3 is 2.38 bits per heavy atom. The van der Waals surface area contributed by atoms with E-state index in [0.29, 0.717) is 34.1 Å². The minimum Gasteiger partial charge on any atom is -0.406 e. The topological polar surface area (TPSA) is 146 Å². The van der Waals surface area contributed by atoms with Gasteiger partial charge in [0, 0.05) is 18.2 Å². The Balaban J connectivity index is 1.49. The molecule has 5 N–H and O–H groups in total. The third-order valence-electron chi connectivity index (χ3n) is 7.30. The van der Waals surface area contributed by atoms with Crippen LogP contribution < -0.4 is 15.4 Å². The predicted octanol–water partition coefficient (Wildman–Crippen LogP) is 4.66. The number of thiazole rings is 1. The van der Waals surface area contributed by atoms with Gasteiger partial charge in [-0.05, 0) is 57.9 Å². The molecule has 4 aromatic rings. The zero-order chi connectivity index (χ0) is 30.3. The normalized spacial score (nSPS) is 21.5. The van der Waals surface area contributed by atoms with Crippen molar-refractivity contribution in [3.05, 3.63) is 53.0 Å². The highest BCUT2D eigenvalue weighted by molar-refractivity contribution is 7.21. The number of hydrogen-bond donors (Lipinski definition) is 5. The standard InChI is InChI=1S/C28H31F3N6O4S/c1-12-9-20-22(15(4)32-12)36-26(42-20)21-14(3)34-27(37-25(21)35-19-10-17(11-38)23(39)24(19)40)33-13(2)16-5-7-18(8-6-16)41-28(29,30)31/h5-9,13,17,19,23-24,38-40H,10-11H2,1-4H3,(H2,33,34,35,37)/t13-,17+,19+,23+,24-/m0/s1. The van der Waals surface area contributed by atoms with Crippen LogP contribution in [-0.4, -0.2) is 66.5 Å². The van der Waals surface area contributed by atoms with Crippen molar-refractivity contribution in [1.82, 2.24) is 19.9 Å². The zero-order valence-corrected chi connectivity index (χ0v) is 24.1. The molecule has 1 aliphatic carbocycles. The van der Waals surface area contributed by atoms with Crippen molar-refractivity contribution in [1.29, 1.82) is 0 Å². The van der Waals surface area contributed by atoms with Crippen LogP contribution >= 0.6 is 11.3 Å². The molecule has 5 atom stereocenters. The van der Waals surface area contributed by atoms with Crippen LogP contribution in [0, 0.1) is 26.7 Å². The van der Waals surface area contributed by atoms with Gasteiger partial charge in [-0.25, -0.2) is 9.97 Å². The Morgan fingerprint density at radius 1 is 1.02 bits per heavy atom. The summed E-state index contributed by atoms with van der Waals surface area (Å²) in [5, 5.41) is 37.9. The number of aliphatic hydroxyl groups excluding tert-OH is 3. The summed E-state index contributed by atoms with van der Waals surface area (Å²) in [6, 6.07) is 6.47. The summed E-state index contributed by atoms with van der Waals surface area (Å²) in [4.78, 5) is 18.7. The summed E-state index contributed by atoms with van der Waals surface area (Å²) in [6.07, 6.45) is -6.70. The summed E-state index contributed by atoms with van der Waals surface area (Å²) in [6.45, 7) is 7.15. The number of pyridine rings is 1. The van der Waals surface area contributed by atoms with Crippen LogP contribution in [0.2, 0.25) is 0 Å². The lowest BCUT2D eigenvalue weighted by Gasteiger charge is -2.22. The van der Waals surface area contributed by atoms with E-state index in [1.165, 1.54) is 35.6 Å². The summed E-state index contributed by atoms with van der Waals surface area (Å²) in [5.74, 6) is -0.202. The molecular formula is C28H31F3N6O4S. The van der Waals surface area contributed by atoms with Crippen molar-refractivity contribution >= 4 is 33.3 Å². The molecule has 1 fully saturated rings. The Hall–Kier alpha value is -3.59. The maximum atomic E-state index is 12.5. The van der Waals surface area contributed by atoms with E-state index < -0.39 is 30.5 Å². The number of fused-ring (bicyclic) bond motifs is 1. The molecule has 10 nitrogen and oxygen atoms in total. The number of alkyl halides is 3. The molecule has 1 saturated carbocycles. The Kier molecular flexibility index (Phi) is 8.25. The molecule has 0 unspecified atom stereocenters. The zero-order valence-electron chi connectivity index (χ0n) is 23.3. The molecule has 3 aromatic heterocycles. The van der Waals surface area contributed by atoms with Gasteiger partial charge in [0.05, 0.1) is 39.8 Å². The second kappa shape index (κ2) is 11.6. The lowest BCUT2D eigenvalue weighted by molar-refractivity contribution is -0.274. The molecule has 1 aliphatic rings. The SMILES string of the molecule is Cc1cc2sc(-c3c(C)nc(N[C@@H](C)c4ccc(OC(F)(F)F)cc4)nc3N[C@@H]3C[C@H](CO)[C@@H](O)[C@H]3O)nc2c(C)n1. The Bertz CT molecular complexity index is 1580. The lowest BCUT2D eigenvalue weighted by atomic mass is 10.1. The molecule has 3 heterocycles. The number of nitrogens with zero attached hydrogens (tertiary/aromatic N) is 4. The van der Waals surface area contributed by atoms with E-state index >= 15 is 0 Å². The van der Waals surface area contributed by atoms with E-state index in [1.54, 1.807) is 6.92 Å². The number of hydrogen-bond acceptors (Lipinski definition) is 11. The van der Waals surface area contributed by atoms with Crippen LogP contribution in [0.5, 0.6) is 5.75 Å². The number of aromatic nitrogens is 4. The van der Waals surface area contributed by atoms with Crippen LogP contribution in [0.4, 0.5) is 24.9 Å². The monoisotopic (exact) mass is 604 g/mol. The van der Waals surface area contributed by atoms with Gasteiger partial charge < -0.3 is 30.7 Å². The number of halogens is 3. The second-order valence-electron chi connectivity index (χ2n) is 10.5. The molecular weight excluding hydrogens is 573 g/mol. The Morgan fingerprint density at radius 2 is 1.74 bits per heavy atom. The first-order valence-electron chi connectivity index (χ1n) is 13.3. The van der Waals surface area contributed by atoms with Crippen LogP contribution in [0.1, 0.15) is 42.0 Å². The van der Waals surface area contributed by atoms with Gasteiger partial charge >= 0.3 is 6.36 Å². The minimum atomic E-state index is -4.78. The molecule has 42 heavy (non-hydrogen) atoms. The van der Waals surface area contributed by atoms with Gasteiger partial charge in [-0.1, -0.05) is 12.1 Å². The summed E-state index contributed by atoms with van der Waals surface area (Å²) >= 11 is 1.46. The summed E-state index contributed by atoms with van der Waals surface area (Å²) < 4.78 is 42.5. The first-order valence-corrected chi connectivity index (χ1v) is 14.1. The maximum Gasteiger partial charge on any atom is 0.573 e. The van der Waals surface area contributed by atoms with Gasteiger partial charge in [-0.3, -0.25) is 4.98 Å². The highest BCUT2D eigenvalue weighted by Crippen LogP contribution is 2.39. The van der Waals surface area contributed by atoms with Gasteiger partial charge in [0.15, 0.2) is 0 Å². The van der Waals surface area contributed by atoms with Crippen molar-refractivity contribution in [2.24, 2.45) is 5.92 Å². The number of rotatable bonds is 8. The van der Waals surface area contributed by atoms with Crippen LogP contribution in [-0.2, 0) is 0 Å². The largest absolute Gasteiger partial charge is 0.573 e. The van der Waals surface area contributed by atoms with E-state index in [1.807, 2.05) is 26.8 Å². The third-order valence-corrected chi connectivity index (χ3v) is 8.32. The van der Waals surface area contributed by atoms with E-state index in [4.69, 9.17) is 9.97 Å². The second-order valence-corrected chi connectivity index (χ2v) is 11.5. The fourth-order valence-electron chi connectivity index (χ4n) is 5.19. The number of aryl methyl sites for hydroxylation is 3. The van der Waals surface area contributed by atoms with Crippen LogP contribution in [0.25, 0.3) is 20.8 Å². The van der Waals surface area contributed by atoms with E-state index in [9.17, 15) is 28.5 Å². The van der Waals surface area contributed by atoms with Gasteiger partial charge in [0.1, 0.15) is 28.2 Å². The predicted molar refractivity (Wildman–Crippen MR) is 152 cm³/mol. The molecule has 1 aromatic carbocycles. The minimum absolute atomic E-state index is 0.239. The van der Waals surface area contributed by atoms with E-state index in [-0.39, 0.29) is 24.3 Å². The average molecular weight is 605 g/mol. The molecule has 0 saturated heterocycles. The highest BCUT2D eigenvalue weighted by atomic mass is 32.1. The van der Waals surface area contributed by atoms with Crippen molar-refractivity contribution in [2.75, 3.05) is 17.2 Å². The third kappa shape index (κ3) is 6.26. The summed E-state index contributed by atoms with van der Waals surface area (Å²) in [7, 11) is 0. The molecule has 14 heteroatoms. The lowest BCUT2D eigenvalue weighted by Crippen LogP contribution is -2.35. The first kappa shape index (κ1) is 29.9. The molecule has 0 aliphatic heterocycles. The molecule has 0 spiro atoms. The quantitative estimate of drug-likeness (QED) is 0.193. The van der Waals surface area contributed by atoms with E-state index in [2.05, 4.69) is 25.3 Å². The van der Waals surface area contributed by atoms with Gasteiger partial charge in [-0.2, -0.15) is 4.98 Å². The van der Waals surface area contributed by atoms with Crippen molar-refractivity contribution in [3.8, 4) is 16.3 Å². The van der Waals surface area contributed by atoms with Crippen molar-refractivity contribution in [3.63, 3.8) is 0 Å². The number of nitrogens with one attached hydrogen (secondary N) is 2. The molecule has 224 valence electrons. The van der Waals surface area contributed by atoms with Gasteiger partial charge in [0.2, 0.25) is 5.95 Å². The maximum absolute atomic E-state index is 12.5. The van der Waals surface area contributed by atoms with Crippen LogP contribution in [0.3, 0.4) is 0 Å². The fraction of sp³-hybridized carbons (Fsp3) is 0.429. The first-order chi connectivity index (χ1) is 19.8. The van der Waals surface area contributed by atoms with Gasteiger partial charge in [0.25, 0.3) is 0 Å². The Labute approximate surface area is 243 Å².